The molecule has 0 saturated carbocycles. The van der Waals surface area contributed by atoms with Gasteiger partial charge in [0.25, 0.3) is 0 Å². The van der Waals surface area contributed by atoms with Crippen LogP contribution < -0.4 is 0 Å². The van der Waals surface area contributed by atoms with Crippen LogP contribution in [0, 0.1) is 11.8 Å². The van der Waals surface area contributed by atoms with Gasteiger partial charge < -0.3 is 9.32 Å². The maximum Gasteiger partial charge on any atom is 0.246 e. The first kappa shape index (κ1) is 13.8. The molecule has 1 amide bonds. The molecule has 1 saturated heterocycles. The molecule has 21 heavy (non-hydrogen) atoms. The van der Waals surface area contributed by atoms with E-state index in [-0.39, 0.29) is 12.5 Å². The number of rotatable bonds is 3. The Hall–Kier alpha value is -2.18. The third kappa shape index (κ3) is 3.12. The number of carbonyl (C=O) groups is 1. The van der Waals surface area contributed by atoms with Crippen LogP contribution in [0.2, 0.25) is 0 Å². The first-order valence-electron chi connectivity index (χ1n) is 7.21. The molecule has 0 aliphatic carbocycles. The van der Waals surface area contributed by atoms with Crippen molar-refractivity contribution in [3.63, 3.8) is 0 Å². The molecule has 3 rings (SSSR count). The van der Waals surface area contributed by atoms with E-state index in [2.05, 4.69) is 29.3 Å². The summed E-state index contributed by atoms with van der Waals surface area (Å²) < 4.78 is 5.21. The van der Waals surface area contributed by atoms with Crippen LogP contribution in [-0.2, 0) is 11.3 Å². The van der Waals surface area contributed by atoms with E-state index >= 15 is 0 Å². The number of tetrazole rings is 1. The average Bonchev–Trinajstić information content (AvgIpc) is 3.07. The van der Waals surface area contributed by atoms with Gasteiger partial charge in [-0.2, -0.15) is 4.80 Å². The highest BCUT2D eigenvalue weighted by Gasteiger charge is 2.26. The molecule has 7 heteroatoms. The molecule has 1 fully saturated rings. The highest BCUT2D eigenvalue weighted by molar-refractivity contribution is 5.75. The Balaban J connectivity index is 1.65. The average molecular weight is 289 g/mol. The van der Waals surface area contributed by atoms with E-state index in [0.717, 1.165) is 13.1 Å². The van der Waals surface area contributed by atoms with Crippen molar-refractivity contribution in [1.29, 1.82) is 0 Å². The molecular weight excluding hydrogens is 270 g/mol. The topological polar surface area (TPSA) is 77.0 Å². The molecule has 7 nitrogen and oxygen atoms in total. The Labute approximate surface area is 122 Å². The molecule has 112 valence electrons. The third-order valence-corrected chi connectivity index (χ3v) is 3.69. The van der Waals surface area contributed by atoms with Crippen LogP contribution in [-0.4, -0.2) is 44.1 Å². The molecule has 2 aromatic heterocycles. The summed E-state index contributed by atoms with van der Waals surface area (Å²) >= 11 is 0. The zero-order chi connectivity index (χ0) is 14.8. The lowest BCUT2D eigenvalue weighted by atomic mass is 9.92. The Morgan fingerprint density at radius 1 is 1.38 bits per heavy atom. The molecule has 2 atom stereocenters. The number of hydrogen-bond acceptors (Lipinski definition) is 5. The Kier molecular flexibility index (Phi) is 3.72. The van der Waals surface area contributed by atoms with Gasteiger partial charge in [0.2, 0.25) is 11.7 Å². The van der Waals surface area contributed by atoms with E-state index in [1.807, 2.05) is 4.90 Å². The van der Waals surface area contributed by atoms with Gasteiger partial charge in [0, 0.05) is 13.1 Å². The first-order valence-corrected chi connectivity index (χ1v) is 7.21. The summed E-state index contributed by atoms with van der Waals surface area (Å²) in [4.78, 5) is 15.5. The second kappa shape index (κ2) is 5.67. The van der Waals surface area contributed by atoms with Crippen molar-refractivity contribution in [2.75, 3.05) is 13.1 Å². The largest absolute Gasteiger partial charge is 0.461 e. The number of hydrogen-bond donors (Lipinski definition) is 0. The SMILES string of the molecule is C[C@@H]1C[C@@H](C)CN(C(=O)Cn2nnc(-c3ccco3)n2)C1. The molecule has 3 heterocycles. The van der Waals surface area contributed by atoms with Crippen LogP contribution >= 0.6 is 0 Å². The monoisotopic (exact) mass is 289 g/mol. The maximum absolute atomic E-state index is 12.3. The fraction of sp³-hybridized carbons (Fsp3) is 0.571. The van der Waals surface area contributed by atoms with Crippen molar-refractivity contribution in [3.8, 4) is 11.6 Å². The molecule has 0 radical (unpaired) electrons. The minimum atomic E-state index is 0.0387. The van der Waals surface area contributed by atoms with E-state index in [1.165, 1.54) is 11.2 Å². The molecule has 0 N–H and O–H groups in total. The number of likely N-dealkylation sites (tertiary alicyclic amines) is 1. The van der Waals surface area contributed by atoms with Crippen LogP contribution in [0.25, 0.3) is 11.6 Å². The second-order valence-electron chi connectivity index (χ2n) is 5.87. The lowest BCUT2D eigenvalue weighted by Crippen LogP contribution is -2.44. The van der Waals surface area contributed by atoms with Crippen LogP contribution in [0.5, 0.6) is 0 Å². The lowest BCUT2D eigenvalue weighted by Gasteiger charge is -2.34. The minimum absolute atomic E-state index is 0.0387. The molecule has 0 unspecified atom stereocenters. The quantitative estimate of drug-likeness (QED) is 0.854. The molecule has 0 spiro atoms. The summed E-state index contributed by atoms with van der Waals surface area (Å²) in [5, 5.41) is 12.0. The van der Waals surface area contributed by atoms with E-state index in [0.29, 0.717) is 23.4 Å². The van der Waals surface area contributed by atoms with Gasteiger partial charge in [-0.1, -0.05) is 13.8 Å². The number of nitrogens with zero attached hydrogens (tertiary/aromatic N) is 5. The smallest absolute Gasteiger partial charge is 0.246 e. The zero-order valence-electron chi connectivity index (χ0n) is 12.3. The Bertz CT molecular complexity index is 597. The van der Waals surface area contributed by atoms with E-state index in [4.69, 9.17) is 4.42 Å². The van der Waals surface area contributed by atoms with Gasteiger partial charge in [0.15, 0.2) is 5.76 Å². The molecule has 1 aliphatic heterocycles. The van der Waals surface area contributed by atoms with Gasteiger partial charge >= 0.3 is 0 Å². The van der Waals surface area contributed by atoms with Crippen molar-refractivity contribution in [1.82, 2.24) is 25.1 Å². The highest BCUT2D eigenvalue weighted by atomic mass is 16.3. The van der Waals surface area contributed by atoms with Gasteiger partial charge in [-0.05, 0) is 35.6 Å². The van der Waals surface area contributed by atoms with Gasteiger partial charge in [-0.3, -0.25) is 4.79 Å². The number of furan rings is 1. The van der Waals surface area contributed by atoms with Gasteiger partial charge in [0.05, 0.1) is 6.26 Å². The fourth-order valence-electron chi connectivity index (χ4n) is 2.90. The second-order valence-corrected chi connectivity index (χ2v) is 5.87. The van der Waals surface area contributed by atoms with Crippen LogP contribution in [0.4, 0.5) is 0 Å². The number of carbonyl (C=O) groups excluding carboxylic acids is 1. The summed E-state index contributed by atoms with van der Waals surface area (Å²) in [5.41, 5.74) is 0. The summed E-state index contributed by atoms with van der Waals surface area (Å²) in [7, 11) is 0. The third-order valence-electron chi connectivity index (χ3n) is 3.69. The Morgan fingerprint density at radius 2 is 2.14 bits per heavy atom. The number of amides is 1. The first-order chi connectivity index (χ1) is 10.1. The predicted molar refractivity (Wildman–Crippen MR) is 75.0 cm³/mol. The molecule has 0 bridgehead atoms. The lowest BCUT2D eigenvalue weighted by molar-refractivity contribution is -0.135. The van der Waals surface area contributed by atoms with Crippen LogP contribution in [0.1, 0.15) is 20.3 Å². The number of aromatic nitrogens is 4. The standard InChI is InChI=1S/C14H19N5O2/c1-10-6-11(2)8-18(7-10)13(20)9-19-16-14(15-17-19)12-4-3-5-21-12/h3-5,10-11H,6-9H2,1-2H3/t10-,11-/m1/s1. The van der Waals surface area contributed by atoms with E-state index in [9.17, 15) is 4.79 Å². The van der Waals surface area contributed by atoms with E-state index in [1.54, 1.807) is 18.4 Å². The number of piperidine rings is 1. The van der Waals surface area contributed by atoms with Crippen molar-refractivity contribution >= 4 is 5.91 Å². The van der Waals surface area contributed by atoms with Gasteiger partial charge in [-0.15, -0.1) is 10.2 Å². The normalized spacial score (nSPS) is 22.5. The summed E-state index contributed by atoms with van der Waals surface area (Å²) in [5.74, 6) is 2.07. The van der Waals surface area contributed by atoms with Gasteiger partial charge in [0.1, 0.15) is 6.54 Å². The maximum atomic E-state index is 12.3. The summed E-state index contributed by atoms with van der Waals surface area (Å²) in [6, 6.07) is 3.52. The summed E-state index contributed by atoms with van der Waals surface area (Å²) in [6.07, 6.45) is 2.73. The molecular formula is C14H19N5O2. The Morgan fingerprint density at radius 3 is 2.81 bits per heavy atom. The van der Waals surface area contributed by atoms with Crippen molar-refractivity contribution in [2.45, 2.75) is 26.8 Å². The van der Waals surface area contributed by atoms with Crippen molar-refractivity contribution < 1.29 is 9.21 Å². The predicted octanol–water partition coefficient (Wildman–Crippen LogP) is 1.44. The zero-order valence-corrected chi connectivity index (χ0v) is 12.3. The molecule has 2 aromatic rings. The van der Waals surface area contributed by atoms with E-state index < -0.39 is 0 Å². The van der Waals surface area contributed by atoms with Crippen molar-refractivity contribution in [3.05, 3.63) is 18.4 Å². The van der Waals surface area contributed by atoms with Gasteiger partial charge in [-0.25, -0.2) is 0 Å². The minimum Gasteiger partial charge on any atom is -0.461 e. The van der Waals surface area contributed by atoms with Crippen molar-refractivity contribution in [2.24, 2.45) is 11.8 Å². The van der Waals surface area contributed by atoms with Crippen LogP contribution in [0.3, 0.4) is 0 Å². The molecule has 1 aliphatic rings. The fourth-order valence-corrected chi connectivity index (χ4v) is 2.90. The molecule has 0 aromatic carbocycles. The highest BCUT2D eigenvalue weighted by Crippen LogP contribution is 2.21. The summed E-state index contributed by atoms with van der Waals surface area (Å²) in [6.45, 7) is 6.09. The van der Waals surface area contributed by atoms with Crippen LogP contribution in [0.15, 0.2) is 22.8 Å².